The molecule has 1 N–H and O–H groups in total. The van der Waals surface area contributed by atoms with Crippen LogP contribution in [0, 0.1) is 6.92 Å². The fraction of sp³-hybridized carbons (Fsp3) is 0.269. The number of anilines is 2. The van der Waals surface area contributed by atoms with Crippen molar-refractivity contribution in [1.82, 2.24) is 19.5 Å². The highest BCUT2D eigenvalue weighted by Crippen LogP contribution is 2.24. The van der Waals surface area contributed by atoms with E-state index in [4.69, 9.17) is 19.4 Å². The maximum absolute atomic E-state index is 13.0. The molecular weight excluding hydrogens is 458 g/mol. The Bertz CT molecular complexity index is 1390. The molecule has 0 spiro atoms. The van der Waals surface area contributed by atoms with Crippen LogP contribution in [0.25, 0.3) is 11.2 Å². The van der Waals surface area contributed by atoms with Crippen molar-refractivity contribution in [2.45, 2.75) is 13.5 Å². The molecule has 1 fully saturated rings. The van der Waals surface area contributed by atoms with Crippen LogP contribution in [0.1, 0.15) is 21.5 Å². The first kappa shape index (κ1) is 23.4. The predicted molar refractivity (Wildman–Crippen MR) is 138 cm³/mol. The number of hydrogen-bond acceptors (Lipinski definition) is 9. The summed E-state index contributed by atoms with van der Waals surface area (Å²) in [5.74, 6) is 1.65. The zero-order chi connectivity index (χ0) is 24.9. The number of carbonyl (C=O) groups excluding carboxylic acids is 1. The van der Waals surface area contributed by atoms with Gasteiger partial charge in [0.1, 0.15) is 5.75 Å². The molecule has 3 heterocycles. The van der Waals surface area contributed by atoms with Crippen molar-refractivity contribution in [2.24, 2.45) is 5.10 Å². The second-order valence-electron chi connectivity index (χ2n) is 8.45. The van der Waals surface area contributed by atoms with Gasteiger partial charge in [0.25, 0.3) is 0 Å². The Kier molecular flexibility index (Phi) is 6.85. The normalized spacial score (nSPS) is 13.9. The van der Waals surface area contributed by atoms with Crippen LogP contribution in [0.2, 0.25) is 0 Å². The molecule has 36 heavy (non-hydrogen) atoms. The van der Waals surface area contributed by atoms with Crippen molar-refractivity contribution < 1.29 is 14.3 Å². The van der Waals surface area contributed by atoms with Crippen LogP contribution >= 0.6 is 0 Å². The molecule has 10 nitrogen and oxygen atoms in total. The fourth-order valence-electron chi connectivity index (χ4n) is 3.97. The summed E-state index contributed by atoms with van der Waals surface area (Å²) in [7, 11) is 1.59. The Morgan fingerprint density at radius 2 is 1.97 bits per heavy atom. The summed E-state index contributed by atoms with van der Waals surface area (Å²) in [6.07, 6.45) is 3.35. The van der Waals surface area contributed by atoms with E-state index in [0.717, 1.165) is 11.1 Å². The van der Waals surface area contributed by atoms with E-state index in [1.807, 2.05) is 31.2 Å². The Morgan fingerprint density at radius 3 is 2.72 bits per heavy atom. The van der Waals surface area contributed by atoms with Crippen LogP contribution in [0.5, 0.6) is 5.75 Å². The van der Waals surface area contributed by atoms with E-state index in [-0.39, 0.29) is 12.3 Å². The van der Waals surface area contributed by atoms with Crippen LogP contribution in [0.15, 0.2) is 60.0 Å². The van der Waals surface area contributed by atoms with Crippen molar-refractivity contribution in [3.63, 3.8) is 0 Å². The summed E-state index contributed by atoms with van der Waals surface area (Å²) in [6.45, 7) is 4.68. The van der Waals surface area contributed by atoms with Crippen LogP contribution in [-0.2, 0) is 11.3 Å². The van der Waals surface area contributed by atoms with Gasteiger partial charge < -0.3 is 18.9 Å². The van der Waals surface area contributed by atoms with Crippen molar-refractivity contribution in [1.29, 1.82) is 0 Å². The molecule has 0 aliphatic carbocycles. The molecule has 1 aliphatic heterocycles. The van der Waals surface area contributed by atoms with Crippen LogP contribution in [0.3, 0.4) is 0 Å². The highest BCUT2D eigenvalue weighted by atomic mass is 16.5. The average molecular weight is 486 g/mol. The predicted octanol–water partition coefficient (Wildman–Crippen LogP) is 3.31. The molecule has 2 aromatic carbocycles. The Balaban J connectivity index is 1.46. The van der Waals surface area contributed by atoms with Crippen LogP contribution in [-0.4, -0.2) is 64.9 Å². The fourth-order valence-corrected chi connectivity index (χ4v) is 3.97. The first-order valence-electron chi connectivity index (χ1n) is 11.7. The standard InChI is InChI=1S/C26H27N7O3/c1-18-4-3-5-19(14-18)15-28-31-24-23-25(30-26(29-24)32-10-12-36-13-11-32)33(17-27-23)16-22(34)20-6-8-21(35-2)9-7-20/h3-9,14-15,17H,10-13,16H2,1-2H3,(H,29,30,31). The molecule has 1 saturated heterocycles. The number of ketones is 1. The summed E-state index contributed by atoms with van der Waals surface area (Å²) in [4.78, 5) is 29.0. The largest absolute Gasteiger partial charge is 0.497 e. The Hall–Kier alpha value is -4.31. The molecule has 0 atom stereocenters. The molecule has 0 amide bonds. The molecule has 5 rings (SSSR count). The SMILES string of the molecule is COc1ccc(C(=O)Cn2cnc3c(NN=Cc4cccc(C)c4)nc(N4CCOCC4)nc32)cc1. The lowest BCUT2D eigenvalue weighted by Crippen LogP contribution is -2.37. The van der Waals surface area contributed by atoms with E-state index in [2.05, 4.69) is 20.4 Å². The van der Waals surface area contributed by atoms with Gasteiger partial charge in [-0.25, -0.2) is 4.98 Å². The summed E-state index contributed by atoms with van der Waals surface area (Å²) in [5.41, 5.74) is 6.83. The zero-order valence-corrected chi connectivity index (χ0v) is 20.2. The summed E-state index contributed by atoms with van der Waals surface area (Å²) >= 11 is 0. The quantitative estimate of drug-likeness (QED) is 0.230. The minimum absolute atomic E-state index is 0.0598. The number of nitrogens with zero attached hydrogens (tertiary/aromatic N) is 6. The van der Waals surface area contributed by atoms with Gasteiger partial charge in [-0.3, -0.25) is 10.2 Å². The van der Waals surface area contributed by atoms with Crippen molar-refractivity contribution >= 4 is 34.9 Å². The summed E-state index contributed by atoms with van der Waals surface area (Å²) < 4.78 is 12.4. The monoisotopic (exact) mass is 485 g/mol. The van der Waals surface area contributed by atoms with E-state index in [1.165, 1.54) is 0 Å². The maximum atomic E-state index is 13.0. The van der Waals surface area contributed by atoms with E-state index < -0.39 is 0 Å². The third-order valence-corrected chi connectivity index (χ3v) is 5.90. The molecule has 1 aliphatic rings. The van der Waals surface area contributed by atoms with E-state index >= 15 is 0 Å². The number of nitrogens with one attached hydrogen (secondary N) is 1. The first-order valence-corrected chi connectivity index (χ1v) is 11.7. The summed E-state index contributed by atoms with van der Waals surface area (Å²) in [6, 6.07) is 15.1. The number of morpholine rings is 1. The number of aryl methyl sites for hydroxylation is 1. The van der Waals surface area contributed by atoms with Gasteiger partial charge in [0, 0.05) is 18.7 Å². The number of ether oxygens (including phenoxy) is 2. The Morgan fingerprint density at radius 1 is 1.17 bits per heavy atom. The number of hydrazone groups is 1. The molecule has 10 heteroatoms. The van der Waals surface area contributed by atoms with Crippen LogP contribution < -0.4 is 15.1 Å². The topological polar surface area (TPSA) is 107 Å². The molecule has 0 bridgehead atoms. The third kappa shape index (κ3) is 5.18. The van der Waals surface area contributed by atoms with E-state index in [1.54, 1.807) is 48.5 Å². The third-order valence-electron chi connectivity index (χ3n) is 5.90. The van der Waals surface area contributed by atoms with Gasteiger partial charge in [0.2, 0.25) is 5.95 Å². The van der Waals surface area contributed by atoms with Crippen molar-refractivity contribution in [3.8, 4) is 5.75 Å². The first-order chi connectivity index (χ1) is 17.6. The summed E-state index contributed by atoms with van der Waals surface area (Å²) in [5, 5.41) is 4.39. The lowest BCUT2D eigenvalue weighted by molar-refractivity contribution is 0.0973. The van der Waals surface area contributed by atoms with E-state index in [0.29, 0.717) is 60.5 Å². The highest BCUT2D eigenvalue weighted by Gasteiger charge is 2.20. The lowest BCUT2D eigenvalue weighted by Gasteiger charge is -2.27. The average Bonchev–Trinajstić information content (AvgIpc) is 3.32. The smallest absolute Gasteiger partial charge is 0.229 e. The number of imidazole rings is 1. The number of carbonyl (C=O) groups is 1. The van der Waals surface area contributed by atoms with Gasteiger partial charge in [0.15, 0.2) is 22.8 Å². The molecule has 4 aromatic rings. The Labute approximate surface area is 208 Å². The maximum Gasteiger partial charge on any atom is 0.229 e. The van der Waals surface area contributed by atoms with Crippen molar-refractivity contribution in [2.75, 3.05) is 43.7 Å². The number of methoxy groups -OCH3 is 1. The van der Waals surface area contributed by atoms with Gasteiger partial charge in [-0.15, -0.1) is 0 Å². The number of benzene rings is 2. The minimum atomic E-state index is -0.0598. The molecule has 2 aromatic heterocycles. The van der Waals surface area contributed by atoms with Gasteiger partial charge in [-0.1, -0.05) is 29.8 Å². The second kappa shape index (κ2) is 10.5. The second-order valence-corrected chi connectivity index (χ2v) is 8.45. The van der Waals surface area contributed by atoms with Crippen LogP contribution in [0.4, 0.5) is 11.8 Å². The minimum Gasteiger partial charge on any atom is -0.497 e. The van der Waals surface area contributed by atoms with Crippen molar-refractivity contribution in [3.05, 3.63) is 71.5 Å². The van der Waals surface area contributed by atoms with Gasteiger partial charge >= 0.3 is 0 Å². The number of fused-ring (bicyclic) bond motifs is 1. The number of aromatic nitrogens is 4. The molecule has 0 saturated carbocycles. The van der Waals surface area contributed by atoms with Gasteiger partial charge in [-0.2, -0.15) is 15.1 Å². The lowest BCUT2D eigenvalue weighted by atomic mass is 10.1. The molecule has 184 valence electrons. The van der Waals surface area contributed by atoms with Gasteiger partial charge in [-0.05, 0) is 36.8 Å². The number of Topliss-reactive ketones (excluding diaryl/α,β-unsaturated/α-hetero) is 1. The zero-order valence-electron chi connectivity index (χ0n) is 20.2. The number of rotatable bonds is 8. The molecular formula is C26H27N7O3. The van der Waals surface area contributed by atoms with Gasteiger partial charge in [0.05, 0.1) is 39.4 Å². The molecule has 0 radical (unpaired) electrons. The molecule has 0 unspecified atom stereocenters. The van der Waals surface area contributed by atoms with E-state index in [9.17, 15) is 4.79 Å². The highest BCUT2D eigenvalue weighted by molar-refractivity contribution is 5.97. The number of hydrogen-bond donors (Lipinski definition) is 1.